The zero-order chi connectivity index (χ0) is 15.4. The monoisotopic (exact) mass is 288 g/mol. The Morgan fingerprint density at radius 1 is 1.24 bits per heavy atom. The highest BCUT2D eigenvalue weighted by Gasteiger charge is 2.28. The summed E-state index contributed by atoms with van der Waals surface area (Å²) >= 11 is 0. The minimum atomic E-state index is -0.531. The van der Waals surface area contributed by atoms with Crippen LogP contribution in [0.4, 0.5) is 5.69 Å². The molecule has 2 rings (SSSR count). The number of nitrogens with one attached hydrogen (secondary N) is 1. The van der Waals surface area contributed by atoms with Crippen LogP contribution in [0, 0.1) is 0 Å². The highest BCUT2D eigenvalue weighted by atomic mass is 16.2. The van der Waals surface area contributed by atoms with Gasteiger partial charge in [-0.15, -0.1) is 0 Å². The third-order valence-electron chi connectivity index (χ3n) is 4.09. The molecule has 1 unspecified atom stereocenters. The van der Waals surface area contributed by atoms with Crippen molar-refractivity contribution in [2.24, 2.45) is 0 Å². The second-order valence-corrected chi connectivity index (χ2v) is 6.04. The zero-order valence-corrected chi connectivity index (χ0v) is 13.1. The lowest BCUT2D eigenvalue weighted by molar-refractivity contribution is -0.145. The smallest absolute Gasteiger partial charge is 0.313 e. The maximum absolute atomic E-state index is 12.3. The number of para-hydroxylation sites is 1. The molecule has 114 valence electrons. The Balaban J connectivity index is 2.09. The van der Waals surface area contributed by atoms with Gasteiger partial charge in [0.2, 0.25) is 0 Å². The van der Waals surface area contributed by atoms with E-state index in [9.17, 15) is 9.59 Å². The molecule has 0 bridgehead atoms. The predicted molar refractivity (Wildman–Crippen MR) is 84.2 cm³/mol. The summed E-state index contributed by atoms with van der Waals surface area (Å²) in [6.07, 6.45) is 3.08. The van der Waals surface area contributed by atoms with Crippen molar-refractivity contribution >= 4 is 17.5 Å². The van der Waals surface area contributed by atoms with Crippen molar-refractivity contribution in [2.45, 2.75) is 52.0 Å². The van der Waals surface area contributed by atoms with Crippen LogP contribution < -0.4 is 5.32 Å². The SMILES string of the molecule is CC(C)c1ccccc1NC(=O)C(=O)N1CCCCC1C. The number of hydrogen-bond donors (Lipinski definition) is 1. The van der Waals surface area contributed by atoms with Crippen LogP contribution in [0.15, 0.2) is 24.3 Å². The van der Waals surface area contributed by atoms with Gasteiger partial charge in [-0.25, -0.2) is 0 Å². The average Bonchev–Trinajstić information content (AvgIpc) is 2.47. The number of carbonyl (C=O) groups is 2. The maximum atomic E-state index is 12.3. The molecule has 0 radical (unpaired) electrons. The van der Waals surface area contributed by atoms with E-state index in [1.165, 1.54) is 0 Å². The predicted octanol–water partition coefficient (Wildman–Crippen LogP) is 3.15. The largest absolute Gasteiger partial charge is 0.332 e. The second kappa shape index (κ2) is 6.74. The quantitative estimate of drug-likeness (QED) is 0.850. The molecular formula is C17H24N2O2. The van der Waals surface area contributed by atoms with E-state index in [1.54, 1.807) is 4.90 Å². The molecule has 4 heteroatoms. The van der Waals surface area contributed by atoms with Crippen LogP contribution in [0.1, 0.15) is 51.5 Å². The Morgan fingerprint density at radius 3 is 2.62 bits per heavy atom. The number of piperidine rings is 1. The van der Waals surface area contributed by atoms with Crippen molar-refractivity contribution in [3.8, 4) is 0 Å². The molecule has 1 atom stereocenters. The Kier molecular flexibility index (Phi) is 4.99. The van der Waals surface area contributed by atoms with E-state index in [4.69, 9.17) is 0 Å². The molecule has 1 aromatic carbocycles. The van der Waals surface area contributed by atoms with Crippen molar-refractivity contribution in [3.05, 3.63) is 29.8 Å². The lowest BCUT2D eigenvalue weighted by Crippen LogP contribution is -2.47. The first-order chi connectivity index (χ1) is 10.0. The van der Waals surface area contributed by atoms with Crippen molar-refractivity contribution in [1.82, 2.24) is 4.90 Å². The van der Waals surface area contributed by atoms with Crippen LogP contribution in [-0.4, -0.2) is 29.3 Å². The van der Waals surface area contributed by atoms with Gasteiger partial charge in [0, 0.05) is 18.3 Å². The number of amides is 2. The summed E-state index contributed by atoms with van der Waals surface area (Å²) in [5, 5.41) is 2.78. The zero-order valence-electron chi connectivity index (χ0n) is 13.1. The number of nitrogens with zero attached hydrogens (tertiary/aromatic N) is 1. The van der Waals surface area contributed by atoms with Gasteiger partial charge in [0.1, 0.15) is 0 Å². The molecule has 21 heavy (non-hydrogen) atoms. The van der Waals surface area contributed by atoms with Crippen LogP contribution in [0.2, 0.25) is 0 Å². The topological polar surface area (TPSA) is 49.4 Å². The lowest BCUT2D eigenvalue weighted by atomic mass is 10.0. The van der Waals surface area contributed by atoms with Gasteiger partial charge in [-0.2, -0.15) is 0 Å². The Bertz CT molecular complexity index is 525. The van der Waals surface area contributed by atoms with Crippen LogP contribution in [-0.2, 0) is 9.59 Å². The van der Waals surface area contributed by atoms with Gasteiger partial charge in [-0.05, 0) is 43.7 Å². The lowest BCUT2D eigenvalue weighted by Gasteiger charge is -2.32. The first kappa shape index (κ1) is 15.5. The van der Waals surface area contributed by atoms with E-state index < -0.39 is 11.8 Å². The Labute approximate surface area is 126 Å². The number of hydrogen-bond acceptors (Lipinski definition) is 2. The second-order valence-electron chi connectivity index (χ2n) is 6.04. The number of carbonyl (C=O) groups excluding carboxylic acids is 2. The standard InChI is InChI=1S/C17H24N2O2/c1-12(2)14-9-4-5-10-15(14)18-16(20)17(21)19-11-7-6-8-13(19)3/h4-5,9-10,12-13H,6-8,11H2,1-3H3,(H,18,20). The number of rotatable bonds is 2. The van der Waals surface area contributed by atoms with Crippen molar-refractivity contribution in [1.29, 1.82) is 0 Å². The van der Waals surface area contributed by atoms with Crippen LogP contribution in [0.25, 0.3) is 0 Å². The summed E-state index contributed by atoms with van der Waals surface area (Å²) in [7, 11) is 0. The molecule has 4 nitrogen and oxygen atoms in total. The van der Waals surface area contributed by atoms with Crippen LogP contribution in [0.3, 0.4) is 0 Å². The minimum Gasteiger partial charge on any atom is -0.332 e. The molecule has 1 aromatic rings. The molecule has 0 aromatic heterocycles. The summed E-state index contributed by atoms with van der Waals surface area (Å²) in [6, 6.07) is 7.79. The summed E-state index contributed by atoms with van der Waals surface area (Å²) in [6.45, 7) is 6.82. The fraction of sp³-hybridized carbons (Fsp3) is 0.529. The summed E-state index contributed by atoms with van der Waals surface area (Å²) < 4.78 is 0. The molecule has 0 spiro atoms. The maximum Gasteiger partial charge on any atom is 0.313 e. The number of anilines is 1. The molecule has 2 amide bonds. The third-order valence-corrected chi connectivity index (χ3v) is 4.09. The molecule has 0 saturated carbocycles. The van der Waals surface area contributed by atoms with E-state index in [0.717, 1.165) is 30.5 Å². The summed E-state index contributed by atoms with van der Waals surface area (Å²) in [5.74, 6) is -0.650. The van der Waals surface area contributed by atoms with Gasteiger partial charge in [0.25, 0.3) is 0 Å². The highest BCUT2D eigenvalue weighted by Crippen LogP contribution is 2.24. The number of benzene rings is 1. The van der Waals surface area contributed by atoms with Gasteiger partial charge in [0.05, 0.1) is 0 Å². The van der Waals surface area contributed by atoms with Crippen LogP contribution >= 0.6 is 0 Å². The molecule has 0 aliphatic carbocycles. The van der Waals surface area contributed by atoms with E-state index in [-0.39, 0.29) is 6.04 Å². The first-order valence-corrected chi connectivity index (χ1v) is 7.71. The normalized spacial score (nSPS) is 18.7. The number of likely N-dealkylation sites (tertiary alicyclic amines) is 1. The van der Waals surface area contributed by atoms with Gasteiger partial charge >= 0.3 is 11.8 Å². The highest BCUT2D eigenvalue weighted by molar-refractivity contribution is 6.39. The van der Waals surface area contributed by atoms with Gasteiger partial charge < -0.3 is 10.2 Å². The summed E-state index contributed by atoms with van der Waals surface area (Å²) in [5.41, 5.74) is 1.78. The van der Waals surface area contributed by atoms with Gasteiger partial charge in [-0.1, -0.05) is 32.0 Å². The van der Waals surface area contributed by atoms with E-state index in [2.05, 4.69) is 19.2 Å². The van der Waals surface area contributed by atoms with Crippen molar-refractivity contribution < 1.29 is 9.59 Å². The van der Waals surface area contributed by atoms with Gasteiger partial charge in [0.15, 0.2) is 0 Å². The molecule has 1 aliphatic heterocycles. The fourth-order valence-corrected chi connectivity index (χ4v) is 2.82. The molecule has 1 heterocycles. The van der Waals surface area contributed by atoms with E-state index >= 15 is 0 Å². The minimum absolute atomic E-state index is 0.150. The third kappa shape index (κ3) is 3.63. The molecular weight excluding hydrogens is 264 g/mol. The van der Waals surface area contributed by atoms with Crippen molar-refractivity contribution in [3.63, 3.8) is 0 Å². The van der Waals surface area contributed by atoms with E-state index in [0.29, 0.717) is 12.5 Å². The Morgan fingerprint density at radius 2 is 1.95 bits per heavy atom. The molecule has 1 fully saturated rings. The van der Waals surface area contributed by atoms with Crippen molar-refractivity contribution in [2.75, 3.05) is 11.9 Å². The molecule has 1 aliphatic rings. The van der Waals surface area contributed by atoms with Crippen LogP contribution in [0.5, 0.6) is 0 Å². The summed E-state index contributed by atoms with van der Waals surface area (Å²) in [4.78, 5) is 26.2. The fourth-order valence-electron chi connectivity index (χ4n) is 2.82. The van der Waals surface area contributed by atoms with E-state index in [1.807, 2.05) is 31.2 Å². The molecule has 1 N–H and O–H groups in total. The Hall–Kier alpha value is -1.84. The van der Waals surface area contributed by atoms with Gasteiger partial charge in [-0.3, -0.25) is 9.59 Å². The average molecular weight is 288 g/mol. The molecule has 1 saturated heterocycles. The first-order valence-electron chi connectivity index (χ1n) is 7.71.